The standard InChI is InChI=1S/C21H31IO2/c1-12(23)16-6-7-17-15-5-4-13-10-14(22)8-9-20(13,2)19(15)18(24)11-21(16,17)3/h13-17,19H,4-11H2,1-3H3/t13-,14+,15-,16+,17-,19+,20-,21+/m0/s1. The molecular weight excluding hydrogens is 411 g/mol. The zero-order valence-corrected chi connectivity index (χ0v) is 17.5. The molecule has 8 atom stereocenters. The molecule has 4 rings (SSSR count). The van der Waals surface area contributed by atoms with Gasteiger partial charge in [-0.05, 0) is 80.5 Å². The van der Waals surface area contributed by atoms with Crippen LogP contribution >= 0.6 is 22.6 Å². The summed E-state index contributed by atoms with van der Waals surface area (Å²) >= 11 is 2.62. The third kappa shape index (κ3) is 2.31. The molecule has 0 aliphatic heterocycles. The van der Waals surface area contributed by atoms with Crippen LogP contribution in [-0.4, -0.2) is 15.5 Å². The van der Waals surface area contributed by atoms with Crippen molar-refractivity contribution in [2.75, 3.05) is 0 Å². The monoisotopic (exact) mass is 442 g/mol. The first-order valence-electron chi connectivity index (χ1n) is 9.94. The Labute approximate surface area is 160 Å². The van der Waals surface area contributed by atoms with Crippen LogP contribution in [0.4, 0.5) is 0 Å². The van der Waals surface area contributed by atoms with E-state index < -0.39 is 0 Å². The van der Waals surface area contributed by atoms with Gasteiger partial charge in [0.15, 0.2) is 0 Å². The number of halogens is 1. The summed E-state index contributed by atoms with van der Waals surface area (Å²) in [5.74, 6) is 3.12. The van der Waals surface area contributed by atoms with E-state index in [1.807, 2.05) is 0 Å². The highest BCUT2D eigenvalue weighted by molar-refractivity contribution is 14.1. The van der Waals surface area contributed by atoms with Crippen LogP contribution in [0, 0.1) is 40.4 Å². The zero-order valence-electron chi connectivity index (χ0n) is 15.3. The van der Waals surface area contributed by atoms with Crippen LogP contribution in [-0.2, 0) is 9.59 Å². The largest absolute Gasteiger partial charge is 0.300 e. The van der Waals surface area contributed by atoms with Gasteiger partial charge in [0.25, 0.3) is 0 Å². The van der Waals surface area contributed by atoms with Crippen LogP contribution in [0.5, 0.6) is 0 Å². The molecule has 0 radical (unpaired) electrons. The van der Waals surface area contributed by atoms with Crippen LogP contribution in [0.2, 0.25) is 0 Å². The average Bonchev–Trinajstić information content (AvgIpc) is 2.84. The number of carbonyl (C=O) groups is 2. The lowest BCUT2D eigenvalue weighted by Gasteiger charge is -2.59. The first-order valence-corrected chi connectivity index (χ1v) is 11.2. The van der Waals surface area contributed by atoms with Crippen molar-refractivity contribution in [3.05, 3.63) is 0 Å². The van der Waals surface area contributed by atoms with Crippen molar-refractivity contribution in [1.29, 1.82) is 0 Å². The lowest BCUT2D eigenvalue weighted by molar-refractivity contribution is -0.158. The summed E-state index contributed by atoms with van der Waals surface area (Å²) in [7, 11) is 0. The maximum atomic E-state index is 13.4. The third-order valence-electron chi connectivity index (χ3n) is 8.78. The van der Waals surface area contributed by atoms with Gasteiger partial charge in [-0.2, -0.15) is 0 Å². The second kappa shape index (κ2) is 5.79. The minimum atomic E-state index is -0.0479. The van der Waals surface area contributed by atoms with Crippen LogP contribution < -0.4 is 0 Å². The van der Waals surface area contributed by atoms with Gasteiger partial charge in [-0.15, -0.1) is 0 Å². The van der Waals surface area contributed by atoms with Gasteiger partial charge in [-0.1, -0.05) is 36.4 Å². The fourth-order valence-electron chi connectivity index (χ4n) is 7.69. The van der Waals surface area contributed by atoms with Gasteiger partial charge in [0.2, 0.25) is 0 Å². The minimum absolute atomic E-state index is 0.0479. The molecule has 4 aliphatic rings. The highest BCUT2D eigenvalue weighted by atomic mass is 127. The highest BCUT2D eigenvalue weighted by Crippen LogP contribution is 2.66. The number of hydrogen-bond donors (Lipinski definition) is 0. The molecule has 4 fully saturated rings. The summed E-state index contributed by atoms with van der Waals surface area (Å²) in [5.41, 5.74) is 0.186. The molecule has 24 heavy (non-hydrogen) atoms. The van der Waals surface area contributed by atoms with E-state index in [0.29, 0.717) is 29.8 Å². The first-order chi connectivity index (χ1) is 11.3. The fourth-order valence-corrected chi connectivity index (χ4v) is 8.61. The molecule has 0 N–H and O–H groups in total. The van der Waals surface area contributed by atoms with Gasteiger partial charge in [-0.3, -0.25) is 9.59 Å². The van der Waals surface area contributed by atoms with E-state index in [0.717, 1.165) is 16.3 Å². The van der Waals surface area contributed by atoms with Gasteiger partial charge >= 0.3 is 0 Å². The summed E-state index contributed by atoms with van der Waals surface area (Å²) in [6, 6.07) is 0. The molecule has 0 amide bonds. The van der Waals surface area contributed by atoms with Crippen molar-refractivity contribution < 1.29 is 9.59 Å². The molecule has 134 valence electrons. The molecule has 0 spiro atoms. The Kier molecular flexibility index (Phi) is 4.21. The second-order valence-electron chi connectivity index (χ2n) is 9.79. The summed E-state index contributed by atoms with van der Waals surface area (Å²) < 4.78 is 0.801. The number of carbonyl (C=O) groups excluding carboxylic acids is 2. The Morgan fingerprint density at radius 2 is 1.83 bits per heavy atom. The second-order valence-corrected chi connectivity index (χ2v) is 11.6. The lowest BCUT2D eigenvalue weighted by Crippen LogP contribution is -2.57. The molecular formula is C21H31IO2. The molecule has 0 bridgehead atoms. The Balaban J connectivity index is 1.68. The van der Waals surface area contributed by atoms with Crippen LogP contribution in [0.1, 0.15) is 72.1 Å². The molecule has 4 saturated carbocycles. The number of ketones is 2. The van der Waals surface area contributed by atoms with Gasteiger partial charge in [0, 0.05) is 22.2 Å². The quantitative estimate of drug-likeness (QED) is 0.412. The van der Waals surface area contributed by atoms with Crippen molar-refractivity contribution in [3.8, 4) is 0 Å². The number of hydrogen-bond acceptors (Lipinski definition) is 2. The van der Waals surface area contributed by atoms with Gasteiger partial charge < -0.3 is 0 Å². The molecule has 0 aromatic heterocycles. The first kappa shape index (κ1) is 17.5. The normalized spacial score (nSPS) is 53.9. The Morgan fingerprint density at radius 3 is 2.54 bits per heavy atom. The van der Waals surface area contributed by atoms with E-state index in [1.165, 1.54) is 38.5 Å². The molecule has 2 nitrogen and oxygen atoms in total. The van der Waals surface area contributed by atoms with Crippen LogP contribution in [0.3, 0.4) is 0 Å². The molecule has 0 unspecified atom stereocenters. The zero-order chi connectivity index (χ0) is 17.3. The van der Waals surface area contributed by atoms with E-state index in [-0.39, 0.29) is 22.7 Å². The van der Waals surface area contributed by atoms with Crippen molar-refractivity contribution in [1.82, 2.24) is 0 Å². The maximum absolute atomic E-state index is 13.4. The molecule has 0 aromatic rings. The summed E-state index contributed by atoms with van der Waals surface area (Å²) in [6.45, 7) is 6.45. The highest BCUT2D eigenvalue weighted by Gasteiger charge is 2.63. The van der Waals surface area contributed by atoms with Gasteiger partial charge in [0.05, 0.1) is 0 Å². The molecule has 0 saturated heterocycles. The number of Topliss-reactive ketones (excluding diaryl/α,β-unsaturated/α-hetero) is 2. The van der Waals surface area contributed by atoms with Crippen LogP contribution in [0.25, 0.3) is 0 Å². The van der Waals surface area contributed by atoms with Crippen molar-refractivity contribution >= 4 is 34.2 Å². The number of fused-ring (bicyclic) bond motifs is 5. The van der Waals surface area contributed by atoms with Crippen molar-refractivity contribution in [2.24, 2.45) is 40.4 Å². The molecule has 0 heterocycles. The summed E-state index contributed by atoms with van der Waals surface area (Å²) in [5, 5.41) is 0. The van der Waals surface area contributed by atoms with E-state index >= 15 is 0 Å². The van der Waals surface area contributed by atoms with Gasteiger partial charge in [0.1, 0.15) is 11.6 Å². The predicted octanol–water partition coefficient (Wildman–Crippen LogP) is 5.22. The average molecular weight is 442 g/mol. The minimum Gasteiger partial charge on any atom is -0.300 e. The van der Waals surface area contributed by atoms with Crippen LogP contribution in [0.15, 0.2) is 0 Å². The summed E-state index contributed by atoms with van der Waals surface area (Å²) in [4.78, 5) is 25.6. The van der Waals surface area contributed by atoms with Gasteiger partial charge in [-0.25, -0.2) is 0 Å². The Bertz CT molecular complexity index is 572. The number of alkyl halides is 1. The molecule has 3 heteroatoms. The smallest absolute Gasteiger partial charge is 0.137 e. The van der Waals surface area contributed by atoms with Crippen molar-refractivity contribution in [2.45, 2.75) is 76.1 Å². The lowest BCUT2D eigenvalue weighted by atomic mass is 9.44. The molecule has 4 aliphatic carbocycles. The van der Waals surface area contributed by atoms with E-state index in [2.05, 4.69) is 36.4 Å². The maximum Gasteiger partial charge on any atom is 0.137 e. The summed E-state index contributed by atoms with van der Waals surface area (Å²) in [6.07, 6.45) is 9.21. The number of rotatable bonds is 1. The fraction of sp³-hybridized carbons (Fsp3) is 0.905. The van der Waals surface area contributed by atoms with E-state index in [4.69, 9.17) is 0 Å². The Hall–Kier alpha value is 0.0700. The van der Waals surface area contributed by atoms with Crippen molar-refractivity contribution in [3.63, 3.8) is 0 Å². The van der Waals surface area contributed by atoms with E-state index in [9.17, 15) is 9.59 Å². The Morgan fingerprint density at radius 1 is 1.08 bits per heavy atom. The molecule has 0 aromatic carbocycles. The topological polar surface area (TPSA) is 34.1 Å². The SMILES string of the molecule is CC(=O)[C@H]1CC[C@H]2[C@@H]3CC[C@H]4C[C@H](I)CC[C@]4(C)[C@H]3C(=O)C[C@]12C. The predicted molar refractivity (Wildman–Crippen MR) is 104 cm³/mol. The third-order valence-corrected chi connectivity index (χ3v) is 9.91. The van der Waals surface area contributed by atoms with E-state index in [1.54, 1.807) is 6.92 Å².